The lowest BCUT2D eigenvalue weighted by Gasteiger charge is -2.35. The smallest absolute Gasteiger partial charge is 0.407 e. The first-order valence-corrected chi connectivity index (χ1v) is 14.5. The van der Waals surface area contributed by atoms with Gasteiger partial charge in [-0.3, -0.25) is 19.2 Å². The van der Waals surface area contributed by atoms with Crippen LogP contribution in [0.3, 0.4) is 0 Å². The summed E-state index contributed by atoms with van der Waals surface area (Å²) in [7, 11) is 0. The monoisotopic (exact) mass is 628 g/mol. The number of ether oxygens (including phenoxy) is 4. The molecule has 2 aromatic carbocycles. The summed E-state index contributed by atoms with van der Waals surface area (Å²) in [6.07, 6.45) is -3.74. The number of benzene rings is 2. The summed E-state index contributed by atoms with van der Waals surface area (Å²) in [5.41, 5.74) is 0.445. The molecule has 0 aromatic heterocycles. The number of nitrogens with one attached hydrogen (secondary N) is 2. The second kappa shape index (κ2) is 14.5. The summed E-state index contributed by atoms with van der Waals surface area (Å²) in [5, 5.41) is 5.26. The van der Waals surface area contributed by atoms with Gasteiger partial charge >= 0.3 is 12.1 Å². The molecular formula is C31H37FN4O9. The van der Waals surface area contributed by atoms with Crippen LogP contribution in [0.25, 0.3) is 0 Å². The molecule has 2 aliphatic rings. The Hall–Kier alpha value is -4.56. The molecule has 13 nitrogen and oxygen atoms in total. The minimum Gasteiger partial charge on any atom is -0.449 e. The maximum Gasteiger partial charge on any atom is 0.407 e. The molecule has 2 N–H and O–H groups in total. The number of alkyl carbamates (subject to hydrolysis) is 1. The van der Waals surface area contributed by atoms with Gasteiger partial charge in [0.25, 0.3) is 17.7 Å². The minimum atomic E-state index is -1.65. The number of morpholine rings is 2. The first-order chi connectivity index (χ1) is 21.3. The van der Waals surface area contributed by atoms with Crippen molar-refractivity contribution in [3.63, 3.8) is 0 Å². The zero-order valence-corrected chi connectivity index (χ0v) is 25.6. The average molecular weight is 629 g/mol. The van der Waals surface area contributed by atoms with Gasteiger partial charge in [0.1, 0.15) is 11.4 Å². The number of esters is 1. The van der Waals surface area contributed by atoms with Crippen LogP contribution in [-0.4, -0.2) is 91.9 Å². The normalized spacial score (nSPS) is 17.7. The topological polar surface area (TPSA) is 153 Å². The molecule has 2 saturated heterocycles. The van der Waals surface area contributed by atoms with E-state index in [0.29, 0.717) is 32.0 Å². The molecule has 0 bridgehead atoms. The fraction of sp³-hybridized carbons (Fsp3) is 0.452. The molecule has 2 atom stereocenters. The number of hydrogen-bond donors (Lipinski definition) is 2. The van der Waals surface area contributed by atoms with E-state index >= 15 is 0 Å². The fourth-order valence-electron chi connectivity index (χ4n) is 4.70. The highest BCUT2D eigenvalue weighted by molar-refractivity contribution is 6.05. The van der Waals surface area contributed by atoms with E-state index in [1.54, 1.807) is 45.0 Å². The highest BCUT2D eigenvalue weighted by Crippen LogP contribution is 2.26. The molecule has 0 spiro atoms. The third-order valence-corrected chi connectivity index (χ3v) is 6.80. The molecule has 2 unspecified atom stereocenters. The Labute approximate surface area is 259 Å². The van der Waals surface area contributed by atoms with Crippen LogP contribution >= 0.6 is 0 Å². The van der Waals surface area contributed by atoms with E-state index in [2.05, 4.69) is 10.6 Å². The number of carbonyl (C=O) groups is 5. The van der Waals surface area contributed by atoms with Crippen molar-refractivity contribution in [2.45, 2.75) is 52.0 Å². The summed E-state index contributed by atoms with van der Waals surface area (Å²) < 4.78 is 36.1. The van der Waals surface area contributed by atoms with E-state index in [-0.39, 0.29) is 30.9 Å². The number of amides is 4. The van der Waals surface area contributed by atoms with Gasteiger partial charge in [-0.05, 0) is 56.7 Å². The Morgan fingerprint density at radius 3 is 2.36 bits per heavy atom. The standard InChI is InChI=1S/C31H37FN4O9/c1-19(37)44-25(27(38)34-21-7-5-20(6-8-21)18-33-30(41)45-31(2,3)4)26-29(40)36(13-16-43-26)22-9-10-24(32)23(17-22)28(39)35-11-14-42-15-12-35/h5-10,17,25-26H,11-16,18H2,1-4H3,(H,33,41)(H,34,38). The molecule has 0 radical (unpaired) electrons. The lowest BCUT2D eigenvalue weighted by Crippen LogP contribution is -2.56. The number of carbonyl (C=O) groups excluding carboxylic acids is 5. The van der Waals surface area contributed by atoms with E-state index in [4.69, 9.17) is 18.9 Å². The van der Waals surface area contributed by atoms with E-state index in [1.165, 1.54) is 21.9 Å². The average Bonchev–Trinajstić information content (AvgIpc) is 2.99. The third-order valence-electron chi connectivity index (χ3n) is 6.80. The second-order valence-electron chi connectivity index (χ2n) is 11.4. The molecule has 14 heteroatoms. The SMILES string of the molecule is CC(=O)OC(C(=O)Nc1ccc(CNC(=O)OC(C)(C)C)cc1)C1OCCN(c2ccc(F)c(C(=O)N3CCOCC3)c2)C1=O. The Balaban J connectivity index is 1.45. The lowest BCUT2D eigenvalue weighted by atomic mass is 10.1. The first-order valence-electron chi connectivity index (χ1n) is 14.5. The van der Waals surface area contributed by atoms with Crippen molar-refractivity contribution in [1.82, 2.24) is 10.2 Å². The van der Waals surface area contributed by atoms with Crippen LogP contribution in [0, 0.1) is 5.82 Å². The fourth-order valence-corrected chi connectivity index (χ4v) is 4.70. The molecule has 4 rings (SSSR count). The van der Waals surface area contributed by atoms with Crippen molar-refractivity contribution in [2.75, 3.05) is 49.7 Å². The highest BCUT2D eigenvalue weighted by atomic mass is 19.1. The Morgan fingerprint density at radius 1 is 1.02 bits per heavy atom. The molecule has 4 amide bonds. The van der Waals surface area contributed by atoms with Crippen molar-refractivity contribution in [3.05, 3.63) is 59.4 Å². The number of hydrogen-bond acceptors (Lipinski definition) is 9. The lowest BCUT2D eigenvalue weighted by molar-refractivity contribution is -0.167. The molecule has 242 valence electrons. The van der Waals surface area contributed by atoms with Crippen molar-refractivity contribution in [3.8, 4) is 0 Å². The first kappa shape index (κ1) is 33.3. The maximum absolute atomic E-state index is 14.7. The van der Waals surface area contributed by atoms with Gasteiger partial charge in [0.15, 0.2) is 6.10 Å². The third kappa shape index (κ3) is 8.99. The van der Waals surface area contributed by atoms with Crippen LogP contribution in [0.2, 0.25) is 0 Å². The summed E-state index contributed by atoms with van der Waals surface area (Å²) in [4.78, 5) is 66.5. The summed E-state index contributed by atoms with van der Waals surface area (Å²) in [6, 6.07) is 10.2. The van der Waals surface area contributed by atoms with E-state index < -0.39 is 53.4 Å². The van der Waals surface area contributed by atoms with Gasteiger partial charge in [-0.25, -0.2) is 9.18 Å². The van der Waals surface area contributed by atoms with Crippen LogP contribution in [0.15, 0.2) is 42.5 Å². The second-order valence-corrected chi connectivity index (χ2v) is 11.4. The van der Waals surface area contributed by atoms with Crippen LogP contribution in [0.1, 0.15) is 43.6 Å². The van der Waals surface area contributed by atoms with Crippen LogP contribution < -0.4 is 15.5 Å². The molecular weight excluding hydrogens is 591 g/mol. The predicted molar refractivity (Wildman–Crippen MR) is 159 cm³/mol. The minimum absolute atomic E-state index is 0.0229. The Bertz CT molecular complexity index is 1420. The highest BCUT2D eigenvalue weighted by Gasteiger charge is 2.43. The zero-order chi connectivity index (χ0) is 32.7. The molecule has 2 aromatic rings. The summed E-state index contributed by atoms with van der Waals surface area (Å²) >= 11 is 0. The number of anilines is 2. The molecule has 2 aliphatic heterocycles. The van der Waals surface area contributed by atoms with Gasteiger partial charge in [0.05, 0.1) is 25.4 Å². The van der Waals surface area contributed by atoms with E-state index in [1.807, 2.05) is 0 Å². The van der Waals surface area contributed by atoms with Gasteiger partial charge in [-0.1, -0.05) is 12.1 Å². The van der Waals surface area contributed by atoms with Gasteiger partial charge in [0, 0.05) is 44.5 Å². The van der Waals surface area contributed by atoms with E-state index in [0.717, 1.165) is 18.6 Å². The largest absolute Gasteiger partial charge is 0.449 e. The number of halogens is 1. The van der Waals surface area contributed by atoms with Crippen molar-refractivity contribution in [2.24, 2.45) is 0 Å². The van der Waals surface area contributed by atoms with Crippen LogP contribution in [-0.2, 0) is 39.9 Å². The molecule has 0 aliphatic carbocycles. The van der Waals surface area contributed by atoms with Gasteiger partial charge in [-0.15, -0.1) is 0 Å². The summed E-state index contributed by atoms with van der Waals surface area (Å²) in [5.74, 6) is -3.60. The van der Waals surface area contributed by atoms with Gasteiger partial charge in [0.2, 0.25) is 6.10 Å². The van der Waals surface area contributed by atoms with Crippen molar-refractivity contribution < 1.29 is 47.3 Å². The quantitative estimate of drug-likeness (QED) is 0.420. The van der Waals surface area contributed by atoms with Crippen LogP contribution in [0.4, 0.5) is 20.6 Å². The van der Waals surface area contributed by atoms with Crippen molar-refractivity contribution in [1.29, 1.82) is 0 Å². The molecule has 2 fully saturated rings. The van der Waals surface area contributed by atoms with Gasteiger partial charge in [-0.2, -0.15) is 0 Å². The predicted octanol–water partition coefficient (Wildman–Crippen LogP) is 2.62. The Kier molecular flexibility index (Phi) is 10.7. The molecule has 2 heterocycles. The van der Waals surface area contributed by atoms with Crippen LogP contribution in [0.5, 0.6) is 0 Å². The Morgan fingerprint density at radius 2 is 1.71 bits per heavy atom. The van der Waals surface area contributed by atoms with E-state index in [9.17, 15) is 28.4 Å². The molecule has 45 heavy (non-hydrogen) atoms. The number of nitrogens with zero attached hydrogens (tertiary/aromatic N) is 2. The number of rotatable bonds is 8. The zero-order valence-electron chi connectivity index (χ0n) is 25.6. The van der Waals surface area contributed by atoms with Crippen molar-refractivity contribution >= 4 is 41.2 Å². The summed E-state index contributed by atoms with van der Waals surface area (Å²) in [6.45, 7) is 7.88. The maximum atomic E-state index is 14.7. The van der Waals surface area contributed by atoms with Gasteiger partial charge < -0.3 is 39.4 Å². The molecule has 0 saturated carbocycles.